The molecule has 0 atom stereocenters. The molecule has 0 saturated carbocycles. The highest BCUT2D eigenvalue weighted by molar-refractivity contribution is 7.99. The van der Waals surface area contributed by atoms with Gasteiger partial charge in [0.15, 0.2) is 0 Å². The summed E-state index contributed by atoms with van der Waals surface area (Å²) in [4.78, 5) is 0.382. The molecule has 1 heterocycles. The molecule has 0 saturated heterocycles. The van der Waals surface area contributed by atoms with E-state index in [1.807, 2.05) is 6.07 Å². The number of nitrogens with one attached hydrogen (secondary N) is 1. The van der Waals surface area contributed by atoms with Crippen molar-refractivity contribution in [3.63, 3.8) is 0 Å². The summed E-state index contributed by atoms with van der Waals surface area (Å²) < 4.78 is 26.1. The Kier molecular flexibility index (Phi) is 5.52. The van der Waals surface area contributed by atoms with Gasteiger partial charge in [0.05, 0.1) is 5.75 Å². The van der Waals surface area contributed by atoms with Gasteiger partial charge in [0.1, 0.15) is 15.2 Å². The van der Waals surface area contributed by atoms with Crippen molar-refractivity contribution in [3.8, 4) is 18.4 Å². The van der Waals surface area contributed by atoms with Crippen LogP contribution >= 0.6 is 23.1 Å². The fourth-order valence-electron chi connectivity index (χ4n) is 0.975. The minimum absolute atomic E-state index is 0.163. The summed E-state index contributed by atoms with van der Waals surface area (Å²) in [7, 11) is -3.48. The van der Waals surface area contributed by atoms with Gasteiger partial charge in [0, 0.05) is 12.3 Å². The van der Waals surface area contributed by atoms with Crippen molar-refractivity contribution in [2.24, 2.45) is 0 Å². The Morgan fingerprint density at radius 2 is 2.29 bits per heavy atom. The van der Waals surface area contributed by atoms with Gasteiger partial charge < -0.3 is 0 Å². The second-order valence-corrected chi connectivity index (χ2v) is 7.07. The lowest BCUT2D eigenvalue weighted by atomic mass is 10.5. The highest BCUT2D eigenvalue weighted by atomic mass is 32.2. The number of nitrogens with zero attached hydrogens (tertiary/aromatic N) is 1. The molecule has 0 amide bonds. The van der Waals surface area contributed by atoms with Crippen LogP contribution in [0, 0.1) is 23.7 Å². The van der Waals surface area contributed by atoms with Crippen LogP contribution in [0.25, 0.3) is 0 Å². The van der Waals surface area contributed by atoms with E-state index in [4.69, 9.17) is 11.7 Å². The topological polar surface area (TPSA) is 70.0 Å². The average Bonchev–Trinajstić information content (AvgIpc) is 2.78. The van der Waals surface area contributed by atoms with Crippen LogP contribution in [0.2, 0.25) is 0 Å². The van der Waals surface area contributed by atoms with Crippen LogP contribution in [-0.2, 0) is 10.0 Å². The fourth-order valence-corrected chi connectivity index (χ4v) is 3.79. The summed E-state index contributed by atoms with van der Waals surface area (Å²) in [5.74, 6) is 3.65. The molecule has 0 aliphatic rings. The summed E-state index contributed by atoms with van der Waals surface area (Å²) >= 11 is 2.44. The summed E-state index contributed by atoms with van der Waals surface area (Å²) in [6, 6.07) is 4.83. The lowest BCUT2D eigenvalue weighted by Crippen LogP contribution is -2.25. The third-order valence-electron chi connectivity index (χ3n) is 1.68. The van der Waals surface area contributed by atoms with E-state index >= 15 is 0 Å². The maximum atomic E-state index is 11.7. The molecule has 4 nitrogen and oxygen atoms in total. The molecule has 0 unspecified atom stereocenters. The van der Waals surface area contributed by atoms with Crippen LogP contribution in [0.3, 0.4) is 0 Å². The molecule has 1 N–H and O–H groups in total. The van der Waals surface area contributed by atoms with Gasteiger partial charge in [-0.15, -0.1) is 29.5 Å². The van der Waals surface area contributed by atoms with E-state index < -0.39 is 10.0 Å². The van der Waals surface area contributed by atoms with Crippen molar-refractivity contribution in [2.75, 3.05) is 18.1 Å². The van der Waals surface area contributed by atoms with Crippen LogP contribution in [0.15, 0.2) is 16.3 Å². The van der Waals surface area contributed by atoms with Gasteiger partial charge >= 0.3 is 0 Å². The second-order valence-electron chi connectivity index (χ2n) is 2.88. The molecular weight excluding hydrogens is 276 g/mol. The van der Waals surface area contributed by atoms with Crippen molar-refractivity contribution < 1.29 is 8.42 Å². The maximum Gasteiger partial charge on any atom is 0.250 e. The second kappa shape index (κ2) is 6.67. The number of hydrogen-bond donors (Lipinski definition) is 1. The Labute approximate surface area is 109 Å². The van der Waals surface area contributed by atoms with E-state index in [9.17, 15) is 8.42 Å². The van der Waals surface area contributed by atoms with Crippen LogP contribution < -0.4 is 4.72 Å². The normalized spacial score (nSPS) is 10.7. The van der Waals surface area contributed by atoms with Gasteiger partial charge in [0.25, 0.3) is 0 Å². The molecule has 0 fully saturated rings. The Morgan fingerprint density at radius 3 is 2.88 bits per heavy atom. The van der Waals surface area contributed by atoms with Crippen LogP contribution in [0.5, 0.6) is 0 Å². The zero-order chi connectivity index (χ0) is 12.7. The van der Waals surface area contributed by atoms with Crippen molar-refractivity contribution in [2.45, 2.75) is 4.21 Å². The third kappa shape index (κ3) is 4.41. The SMILES string of the molecule is C#CCSCCNS(=O)(=O)c1ccc(C#N)s1. The van der Waals surface area contributed by atoms with Crippen LogP contribution in [-0.4, -0.2) is 26.5 Å². The maximum absolute atomic E-state index is 11.7. The highest BCUT2D eigenvalue weighted by Gasteiger charge is 2.15. The predicted molar refractivity (Wildman–Crippen MR) is 70.4 cm³/mol. The molecule has 0 aliphatic heterocycles. The van der Waals surface area contributed by atoms with Gasteiger partial charge in [-0.2, -0.15) is 5.26 Å². The van der Waals surface area contributed by atoms with E-state index in [0.29, 0.717) is 22.9 Å². The molecule has 1 aromatic rings. The Morgan fingerprint density at radius 1 is 1.53 bits per heavy atom. The monoisotopic (exact) mass is 286 g/mol. The number of rotatable bonds is 6. The van der Waals surface area contributed by atoms with Crippen molar-refractivity contribution in [1.82, 2.24) is 4.72 Å². The minimum atomic E-state index is -3.48. The van der Waals surface area contributed by atoms with Gasteiger partial charge in [-0.3, -0.25) is 0 Å². The first-order valence-corrected chi connectivity index (χ1v) is 8.06. The summed E-state index contributed by atoms with van der Waals surface area (Å²) in [5.41, 5.74) is 0. The Hall–Kier alpha value is -0.990. The van der Waals surface area contributed by atoms with E-state index in [-0.39, 0.29) is 4.21 Å². The zero-order valence-corrected chi connectivity index (χ0v) is 11.3. The average molecular weight is 286 g/mol. The molecule has 0 spiro atoms. The fraction of sp³-hybridized carbons (Fsp3) is 0.300. The smallest absolute Gasteiger partial charge is 0.210 e. The van der Waals surface area contributed by atoms with E-state index in [2.05, 4.69) is 10.6 Å². The Bertz CT molecular complexity index is 549. The Balaban J connectivity index is 2.52. The zero-order valence-electron chi connectivity index (χ0n) is 8.84. The molecule has 90 valence electrons. The number of thiophene rings is 1. The summed E-state index contributed by atoms with van der Waals surface area (Å²) in [6.45, 7) is 0.328. The number of nitriles is 1. The molecule has 0 radical (unpaired) electrons. The van der Waals surface area contributed by atoms with E-state index in [1.54, 1.807) is 0 Å². The third-order valence-corrected chi connectivity index (χ3v) is 5.49. The summed E-state index contributed by atoms with van der Waals surface area (Å²) in [5, 5.41) is 8.61. The quantitative estimate of drug-likeness (QED) is 0.631. The van der Waals surface area contributed by atoms with Crippen molar-refractivity contribution >= 4 is 33.1 Å². The highest BCUT2D eigenvalue weighted by Crippen LogP contribution is 2.20. The lowest BCUT2D eigenvalue weighted by Gasteiger charge is -2.03. The van der Waals surface area contributed by atoms with Crippen LogP contribution in [0.4, 0.5) is 0 Å². The molecule has 1 rings (SSSR count). The lowest BCUT2D eigenvalue weighted by molar-refractivity contribution is 0.586. The van der Waals surface area contributed by atoms with Crippen LogP contribution in [0.1, 0.15) is 4.88 Å². The molecule has 1 aromatic heterocycles. The number of thioether (sulfide) groups is 1. The molecule has 17 heavy (non-hydrogen) atoms. The number of terminal acetylenes is 1. The van der Waals surface area contributed by atoms with Gasteiger partial charge in [-0.05, 0) is 12.1 Å². The van der Waals surface area contributed by atoms with E-state index in [0.717, 1.165) is 11.3 Å². The molecule has 7 heteroatoms. The summed E-state index contributed by atoms with van der Waals surface area (Å²) in [6.07, 6.45) is 5.07. The number of sulfonamides is 1. The first kappa shape index (κ1) is 14.1. The largest absolute Gasteiger partial charge is 0.250 e. The van der Waals surface area contributed by atoms with Crippen molar-refractivity contribution in [3.05, 3.63) is 17.0 Å². The van der Waals surface area contributed by atoms with Crippen molar-refractivity contribution in [1.29, 1.82) is 5.26 Å². The molecular formula is C10H10N2O2S3. The number of hydrogen-bond acceptors (Lipinski definition) is 5. The van der Waals surface area contributed by atoms with E-state index in [1.165, 1.54) is 23.9 Å². The molecule has 0 aliphatic carbocycles. The minimum Gasteiger partial charge on any atom is -0.210 e. The van der Waals surface area contributed by atoms with Gasteiger partial charge in [-0.1, -0.05) is 5.92 Å². The molecule has 0 bridgehead atoms. The predicted octanol–water partition coefficient (Wildman–Crippen LogP) is 1.26. The first-order valence-electron chi connectivity index (χ1n) is 4.61. The standard InChI is InChI=1S/C10H10N2O2S3/c1-2-6-15-7-5-12-17(13,14)10-4-3-9(8-11)16-10/h1,3-4,12H,5-7H2. The van der Waals surface area contributed by atoms with Gasteiger partial charge in [0.2, 0.25) is 10.0 Å². The first-order chi connectivity index (χ1) is 8.10. The molecule has 0 aromatic carbocycles. The van der Waals surface area contributed by atoms with Gasteiger partial charge in [-0.25, -0.2) is 13.1 Å².